The van der Waals surface area contributed by atoms with Gasteiger partial charge in [0.2, 0.25) is 0 Å². The van der Waals surface area contributed by atoms with Crippen LogP contribution in [-0.2, 0) is 4.74 Å². The third kappa shape index (κ3) is 3.76. The fourth-order valence-corrected chi connectivity index (χ4v) is 3.73. The largest absolute Gasteiger partial charge is 0.497 e. The number of nitrogens with one attached hydrogen (secondary N) is 1. The van der Waals surface area contributed by atoms with Gasteiger partial charge in [-0.1, -0.05) is 12.1 Å². The monoisotopic (exact) mass is 410 g/mol. The number of anilines is 1. The number of amides is 1. The highest BCUT2D eigenvalue weighted by atomic mass is 19.4. The van der Waals surface area contributed by atoms with Crippen LogP contribution in [0.15, 0.2) is 30.5 Å². The normalized spacial score (nSPS) is 22.0. The lowest BCUT2D eigenvalue weighted by Gasteiger charge is -2.34. The van der Waals surface area contributed by atoms with Crippen LogP contribution in [0.1, 0.15) is 34.4 Å². The Morgan fingerprint density at radius 1 is 1.31 bits per heavy atom. The maximum Gasteiger partial charge on any atom is 0.410 e. The number of morpholine rings is 1. The van der Waals surface area contributed by atoms with Crippen molar-refractivity contribution < 1.29 is 27.4 Å². The molecule has 1 N–H and O–H groups in total. The van der Waals surface area contributed by atoms with Crippen LogP contribution in [0.25, 0.3) is 0 Å². The molecule has 0 radical (unpaired) electrons. The second-order valence-corrected chi connectivity index (χ2v) is 7.02. The smallest absolute Gasteiger partial charge is 0.410 e. The molecule has 7 nitrogen and oxygen atoms in total. The molecule has 0 bridgehead atoms. The Bertz CT molecular complexity index is 893. The molecule has 2 unspecified atom stereocenters. The number of nitrogens with zero attached hydrogens (tertiary/aromatic N) is 3. The third-order valence-electron chi connectivity index (χ3n) is 5.26. The van der Waals surface area contributed by atoms with Gasteiger partial charge < -0.3 is 19.7 Å². The Hall–Kier alpha value is -2.75. The summed E-state index contributed by atoms with van der Waals surface area (Å²) in [6.07, 6.45) is -3.53. The number of carbonyl (C=O) groups is 1. The van der Waals surface area contributed by atoms with Gasteiger partial charge in [0.25, 0.3) is 5.91 Å². The van der Waals surface area contributed by atoms with Crippen LogP contribution in [0, 0.1) is 0 Å². The van der Waals surface area contributed by atoms with E-state index in [1.165, 1.54) is 13.3 Å². The lowest BCUT2D eigenvalue weighted by molar-refractivity contribution is -0.173. The summed E-state index contributed by atoms with van der Waals surface area (Å²) in [5.74, 6) is 0.286. The number of alkyl halides is 3. The summed E-state index contributed by atoms with van der Waals surface area (Å²) in [6, 6.07) is 4.41. The molecule has 2 aromatic rings. The average Bonchev–Trinajstić information content (AvgIpc) is 3.16. The van der Waals surface area contributed by atoms with Gasteiger partial charge in [-0.15, -0.1) is 0 Å². The fourth-order valence-electron chi connectivity index (χ4n) is 3.73. The highest BCUT2D eigenvalue weighted by Gasteiger charge is 2.47. The van der Waals surface area contributed by atoms with Crippen LogP contribution in [0.5, 0.6) is 5.75 Å². The lowest BCUT2D eigenvalue weighted by Crippen LogP contribution is -2.41. The number of ether oxygens (including phenoxy) is 2. The van der Waals surface area contributed by atoms with E-state index >= 15 is 0 Å². The Kier molecular flexibility index (Phi) is 5.12. The van der Waals surface area contributed by atoms with Crippen molar-refractivity contribution >= 4 is 11.7 Å². The van der Waals surface area contributed by atoms with Crippen molar-refractivity contribution in [2.45, 2.75) is 24.7 Å². The van der Waals surface area contributed by atoms with Crippen molar-refractivity contribution in [2.24, 2.45) is 0 Å². The van der Waals surface area contributed by atoms with E-state index < -0.39 is 18.3 Å². The first-order valence-corrected chi connectivity index (χ1v) is 9.30. The molecule has 0 saturated carbocycles. The number of carbonyl (C=O) groups excluding carboxylic acids is 1. The Morgan fingerprint density at radius 3 is 2.76 bits per heavy atom. The van der Waals surface area contributed by atoms with E-state index in [4.69, 9.17) is 9.47 Å². The molecule has 10 heteroatoms. The number of halogens is 3. The van der Waals surface area contributed by atoms with Gasteiger partial charge in [-0.25, -0.2) is 4.68 Å². The number of benzene rings is 1. The quantitative estimate of drug-likeness (QED) is 0.843. The summed E-state index contributed by atoms with van der Waals surface area (Å²) in [7, 11) is 1.50. The van der Waals surface area contributed by atoms with E-state index in [2.05, 4.69) is 10.4 Å². The first-order chi connectivity index (χ1) is 13.9. The van der Waals surface area contributed by atoms with Crippen LogP contribution >= 0.6 is 0 Å². The molecule has 0 aliphatic carbocycles. The van der Waals surface area contributed by atoms with Gasteiger partial charge in [-0.05, 0) is 17.7 Å². The molecule has 2 atom stereocenters. The maximum atomic E-state index is 13.8. The van der Waals surface area contributed by atoms with E-state index in [1.807, 2.05) is 0 Å². The van der Waals surface area contributed by atoms with Crippen molar-refractivity contribution in [3.8, 4) is 5.75 Å². The highest BCUT2D eigenvalue weighted by molar-refractivity contribution is 5.99. The molecule has 2 aliphatic rings. The minimum atomic E-state index is -4.50. The summed E-state index contributed by atoms with van der Waals surface area (Å²) in [5.41, 5.74) is 0.782. The number of hydrogen-bond donors (Lipinski definition) is 1. The fraction of sp³-hybridized carbons (Fsp3) is 0.474. The average molecular weight is 410 g/mol. The zero-order valence-corrected chi connectivity index (χ0v) is 15.8. The van der Waals surface area contributed by atoms with E-state index in [0.29, 0.717) is 37.6 Å². The van der Waals surface area contributed by atoms with Crippen LogP contribution in [-0.4, -0.2) is 60.2 Å². The zero-order chi connectivity index (χ0) is 20.6. The number of aromatic nitrogens is 2. The molecule has 1 saturated heterocycles. The molecule has 2 aliphatic heterocycles. The number of hydrogen-bond acceptors (Lipinski definition) is 5. The predicted octanol–water partition coefficient (Wildman–Crippen LogP) is 3.02. The van der Waals surface area contributed by atoms with Crippen molar-refractivity contribution in [1.82, 2.24) is 14.7 Å². The highest BCUT2D eigenvalue weighted by Crippen LogP contribution is 2.44. The molecular weight excluding hydrogens is 389 g/mol. The first-order valence-electron chi connectivity index (χ1n) is 9.30. The van der Waals surface area contributed by atoms with Crippen molar-refractivity contribution in [1.29, 1.82) is 0 Å². The van der Waals surface area contributed by atoms with Gasteiger partial charge in [-0.3, -0.25) is 4.79 Å². The number of methoxy groups -OCH3 is 1. The third-order valence-corrected chi connectivity index (χ3v) is 5.26. The molecule has 1 aromatic carbocycles. The number of rotatable bonds is 3. The van der Waals surface area contributed by atoms with Gasteiger partial charge in [0.15, 0.2) is 6.04 Å². The van der Waals surface area contributed by atoms with E-state index in [0.717, 1.165) is 4.68 Å². The molecule has 1 aromatic heterocycles. The summed E-state index contributed by atoms with van der Waals surface area (Å²) >= 11 is 0. The summed E-state index contributed by atoms with van der Waals surface area (Å²) in [4.78, 5) is 14.5. The Balaban J connectivity index is 1.71. The van der Waals surface area contributed by atoms with Crippen molar-refractivity contribution in [3.05, 3.63) is 41.6 Å². The van der Waals surface area contributed by atoms with Gasteiger partial charge >= 0.3 is 6.18 Å². The standard InChI is InChI=1S/C19H21F3N4O3/c1-28-13-4-2-3-12(9-13)15-10-16(19(20,21)22)26-17(24-15)14(11-23-26)18(27)25-5-7-29-8-6-25/h2-4,9,11,15-16,24H,5-8,10H2,1H3. The van der Waals surface area contributed by atoms with Gasteiger partial charge in [0.05, 0.1) is 32.6 Å². The molecule has 4 rings (SSSR count). The molecule has 29 heavy (non-hydrogen) atoms. The molecule has 1 amide bonds. The summed E-state index contributed by atoms with van der Waals surface area (Å²) < 4.78 is 52.7. The first kappa shape index (κ1) is 19.6. The van der Waals surface area contributed by atoms with E-state index in [9.17, 15) is 18.0 Å². The van der Waals surface area contributed by atoms with Gasteiger partial charge in [0.1, 0.15) is 17.1 Å². The molecule has 156 valence electrons. The van der Waals surface area contributed by atoms with Crippen molar-refractivity contribution in [3.63, 3.8) is 0 Å². The molecule has 3 heterocycles. The predicted molar refractivity (Wildman–Crippen MR) is 98.0 cm³/mol. The lowest BCUT2D eigenvalue weighted by atomic mass is 9.96. The molecule has 1 fully saturated rings. The van der Waals surface area contributed by atoms with E-state index in [-0.39, 0.29) is 23.7 Å². The Morgan fingerprint density at radius 2 is 2.07 bits per heavy atom. The minimum absolute atomic E-state index is 0.0860. The maximum absolute atomic E-state index is 13.8. The van der Waals surface area contributed by atoms with Crippen LogP contribution < -0.4 is 10.1 Å². The van der Waals surface area contributed by atoms with E-state index in [1.54, 1.807) is 29.2 Å². The van der Waals surface area contributed by atoms with Gasteiger partial charge in [0, 0.05) is 19.5 Å². The van der Waals surface area contributed by atoms with Crippen molar-refractivity contribution in [2.75, 3.05) is 38.7 Å². The summed E-state index contributed by atoms with van der Waals surface area (Å²) in [5, 5.41) is 7.01. The molecule has 0 spiro atoms. The molecular formula is C19H21F3N4O3. The topological polar surface area (TPSA) is 68.6 Å². The van der Waals surface area contributed by atoms with Gasteiger partial charge in [-0.2, -0.15) is 18.3 Å². The van der Waals surface area contributed by atoms with Crippen LogP contribution in [0.4, 0.5) is 19.0 Å². The Labute approximate surface area is 165 Å². The second-order valence-electron chi connectivity index (χ2n) is 7.02. The minimum Gasteiger partial charge on any atom is -0.497 e. The SMILES string of the molecule is COc1cccc(C2CC(C(F)(F)F)n3ncc(C(=O)N4CCOCC4)c3N2)c1. The van der Waals surface area contributed by atoms with Crippen LogP contribution in [0.2, 0.25) is 0 Å². The van der Waals surface area contributed by atoms with Crippen LogP contribution in [0.3, 0.4) is 0 Å². The number of fused-ring (bicyclic) bond motifs is 1. The summed E-state index contributed by atoms with van der Waals surface area (Å²) in [6.45, 7) is 1.59. The zero-order valence-electron chi connectivity index (χ0n) is 15.8. The second kappa shape index (κ2) is 7.58.